The number of hydrogen-bond acceptors (Lipinski definition) is 5. The van der Waals surface area contributed by atoms with Crippen LogP contribution >= 0.6 is 11.3 Å². The summed E-state index contributed by atoms with van der Waals surface area (Å²) in [6.07, 6.45) is 0. The van der Waals surface area contributed by atoms with Gasteiger partial charge < -0.3 is 0 Å². The normalized spacial score (nSPS) is 11.4. The van der Waals surface area contributed by atoms with E-state index in [4.69, 9.17) is 19.9 Å². The predicted octanol–water partition coefficient (Wildman–Crippen LogP) is 11.1. The topological polar surface area (TPSA) is 51.6 Å². The van der Waals surface area contributed by atoms with Crippen molar-refractivity contribution in [3.63, 3.8) is 0 Å². The molecule has 2 heterocycles. The van der Waals surface area contributed by atoms with Crippen LogP contribution in [-0.2, 0) is 0 Å². The van der Waals surface area contributed by atoms with Crippen LogP contribution in [-0.4, -0.2) is 19.9 Å². The Kier molecular flexibility index (Phi) is 6.61. The number of thiazole rings is 1. The van der Waals surface area contributed by atoms with Gasteiger partial charge in [0.2, 0.25) is 0 Å². The molecule has 0 fully saturated rings. The van der Waals surface area contributed by atoms with Crippen LogP contribution in [0.5, 0.6) is 0 Å². The second-order valence-electron chi connectivity index (χ2n) is 11.5. The Morgan fingerprint density at radius 1 is 0.362 bits per heavy atom. The Bertz CT molecular complexity index is 2500. The first-order valence-electron chi connectivity index (χ1n) is 15.6. The van der Waals surface area contributed by atoms with Gasteiger partial charge in [-0.2, -0.15) is 0 Å². The number of nitrogens with zero attached hydrogens (tertiary/aromatic N) is 4. The van der Waals surface area contributed by atoms with Crippen LogP contribution in [0.2, 0.25) is 0 Å². The molecule has 9 aromatic rings. The molecule has 0 aliphatic rings. The number of benzene rings is 7. The van der Waals surface area contributed by atoms with Crippen molar-refractivity contribution in [2.75, 3.05) is 0 Å². The maximum atomic E-state index is 5.02. The molecule has 0 saturated heterocycles. The molecule has 220 valence electrons. The van der Waals surface area contributed by atoms with E-state index in [1.165, 1.54) is 20.9 Å². The van der Waals surface area contributed by atoms with Crippen LogP contribution in [0.15, 0.2) is 158 Å². The fourth-order valence-electron chi connectivity index (χ4n) is 6.20. The molecule has 0 amide bonds. The van der Waals surface area contributed by atoms with Crippen molar-refractivity contribution in [1.82, 2.24) is 19.9 Å². The van der Waals surface area contributed by atoms with Gasteiger partial charge in [-0.05, 0) is 51.6 Å². The van der Waals surface area contributed by atoms with E-state index in [0.717, 1.165) is 49.3 Å². The average molecular weight is 619 g/mol. The molecule has 2 aromatic heterocycles. The second kappa shape index (κ2) is 11.4. The zero-order chi connectivity index (χ0) is 31.2. The van der Waals surface area contributed by atoms with Crippen molar-refractivity contribution in [2.45, 2.75) is 0 Å². The molecule has 47 heavy (non-hydrogen) atoms. The van der Waals surface area contributed by atoms with Crippen LogP contribution in [0, 0.1) is 0 Å². The fraction of sp³-hybridized carbons (Fsp3) is 0. The van der Waals surface area contributed by atoms with Crippen LogP contribution in [0.3, 0.4) is 0 Å². The molecule has 0 saturated carbocycles. The summed E-state index contributed by atoms with van der Waals surface area (Å²) < 4.78 is 1.21. The lowest BCUT2D eigenvalue weighted by Crippen LogP contribution is -2.00. The third-order valence-electron chi connectivity index (χ3n) is 8.52. The second-order valence-corrected chi connectivity index (χ2v) is 12.5. The largest absolute Gasteiger partial charge is 0.236 e. The molecule has 0 N–H and O–H groups in total. The zero-order valence-electron chi connectivity index (χ0n) is 25.2. The quantitative estimate of drug-likeness (QED) is 0.193. The van der Waals surface area contributed by atoms with Gasteiger partial charge >= 0.3 is 0 Å². The molecule has 9 rings (SSSR count). The summed E-state index contributed by atoms with van der Waals surface area (Å²) in [5, 5.41) is 5.75. The lowest BCUT2D eigenvalue weighted by molar-refractivity contribution is 1.07. The van der Waals surface area contributed by atoms with E-state index < -0.39 is 0 Å². The first-order chi connectivity index (χ1) is 23.3. The highest BCUT2D eigenvalue weighted by Crippen LogP contribution is 2.39. The number of rotatable bonds is 5. The van der Waals surface area contributed by atoms with Crippen molar-refractivity contribution >= 4 is 43.1 Å². The van der Waals surface area contributed by atoms with E-state index in [1.807, 2.05) is 66.7 Å². The molecule has 0 unspecified atom stereocenters. The Labute approximate surface area is 275 Å². The van der Waals surface area contributed by atoms with E-state index >= 15 is 0 Å². The Hall–Kier alpha value is -6.04. The van der Waals surface area contributed by atoms with Gasteiger partial charge in [-0.15, -0.1) is 11.3 Å². The summed E-state index contributed by atoms with van der Waals surface area (Å²) in [5.74, 6) is 1.95. The molecule has 5 heteroatoms. The van der Waals surface area contributed by atoms with Gasteiger partial charge in [0, 0.05) is 27.6 Å². The molecule has 0 bridgehead atoms. The maximum absolute atomic E-state index is 5.02. The monoisotopic (exact) mass is 618 g/mol. The van der Waals surface area contributed by atoms with Gasteiger partial charge in [-0.25, -0.2) is 19.9 Å². The SMILES string of the molecule is c1ccc(-c2nc(-c3ccccc3)nc(-c3cc(-c4ccc5c(ccc6nc(-c7ccccc7)sc65)c4)c4ccccc4c3)n2)cc1. The molecule has 0 aliphatic heterocycles. The standard InChI is InChI=1S/C42H26N4S/c1-4-12-27(13-5-1)39-44-40(28-14-6-2-7-15-28)46-41(45-39)33-25-30-18-10-11-19-34(30)36(26-33)32-20-22-35-31(24-32)21-23-37-38(35)47-42(43-37)29-16-8-3-9-17-29/h1-26H. The van der Waals surface area contributed by atoms with Crippen molar-refractivity contribution < 1.29 is 0 Å². The van der Waals surface area contributed by atoms with E-state index in [-0.39, 0.29) is 0 Å². The lowest BCUT2D eigenvalue weighted by Gasteiger charge is -2.13. The van der Waals surface area contributed by atoms with Crippen LogP contribution < -0.4 is 0 Å². The Morgan fingerprint density at radius 3 is 1.60 bits per heavy atom. The van der Waals surface area contributed by atoms with Crippen molar-refractivity contribution in [1.29, 1.82) is 0 Å². The third-order valence-corrected chi connectivity index (χ3v) is 9.67. The van der Waals surface area contributed by atoms with Gasteiger partial charge in [0.1, 0.15) is 5.01 Å². The van der Waals surface area contributed by atoms with Gasteiger partial charge in [0.15, 0.2) is 17.5 Å². The predicted molar refractivity (Wildman–Crippen MR) is 195 cm³/mol. The smallest absolute Gasteiger partial charge is 0.164 e. The van der Waals surface area contributed by atoms with E-state index in [9.17, 15) is 0 Å². The van der Waals surface area contributed by atoms with Gasteiger partial charge in [-0.3, -0.25) is 0 Å². The highest BCUT2D eigenvalue weighted by Gasteiger charge is 2.16. The summed E-state index contributed by atoms with van der Waals surface area (Å²) in [7, 11) is 0. The molecule has 0 atom stereocenters. The highest BCUT2D eigenvalue weighted by atomic mass is 32.1. The first kappa shape index (κ1) is 27.3. The summed E-state index contributed by atoms with van der Waals surface area (Å²) in [6.45, 7) is 0. The minimum absolute atomic E-state index is 0.644. The van der Waals surface area contributed by atoms with E-state index in [2.05, 4.69) is 91.0 Å². The summed E-state index contributed by atoms with van der Waals surface area (Å²) in [6, 6.07) is 54.6. The maximum Gasteiger partial charge on any atom is 0.164 e. The first-order valence-corrected chi connectivity index (χ1v) is 16.4. The molecular formula is C42H26N4S. The van der Waals surface area contributed by atoms with Crippen molar-refractivity contribution in [3.05, 3.63) is 158 Å². The third kappa shape index (κ3) is 5.03. The van der Waals surface area contributed by atoms with E-state index in [0.29, 0.717) is 17.5 Å². The van der Waals surface area contributed by atoms with Crippen LogP contribution in [0.25, 0.3) is 87.6 Å². The van der Waals surface area contributed by atoms with Crippen molar-refractivity contribution in [3.8, 4) is 55.9 Å². The minimum Gasteiger partial charge on any atom is -0.236 e. The molecule has 0 spiro atoms. The highest BCUT2D eigenvalue weighted by molar-refractivity contribution is 7.22. The Morgan fingerprint density at radius 2 is 0.915 bits per heavy atom. The molecule has 0 aliphatic carbocycles. The van der Waals surface area contributed by atoms with Crippen LogP contribution in [0.1, 0.15) is 0 Å². The summed E-state index contributed by atoms with van der Waals surface area (Å²) >= 11 is 1.75. The zero-order valence-corrected chi connectivity index (χ0v) is 26.0. The number of aromatic nitrogens is 4. The fourth-order valence-corrected chi connectivity index (χ4v) is 7.31. The van der Waals surface area contributed by atoms with Crippen molar-refractivity contribution in [2.24, 2.45) is 0 Å². The van der Waals surface area contributed by atoms with Gasteiger partial charge in [0.25, 0.3) is 0 Å². The lowest BCUT2D eigenvalue weighted by atomic mass is 9.94. The van der Waals surface area contributed by atoms with E-state index in [1.54, 1.807) is 11.3 Å². The number of fused-ring (bicyclic) bond motifs is 4. The van der Waals surface area contributed by atoms with Gasteiger partial charge in [-0.1, -0.05) is 133 Å². The Balaban J connectivity index is 1.21. The molecular weight excluding hydrogens is 593 g/mol. The molecule has 0 radical (unpaired) electrons. The summed E-state index contributed by atoms with van der Waals surface area (Å²) in [4.78, 5) is 19.9. The minimum atomic E-state index is 0.644. The molecule has 7 aromatic carbocycles. The van der Waals surface area contributed by atoms with Crippen LogP contribution in [0.4, 0.5) is 0 Å². The number of hydrogen-bond donors (Lipinski definition) is 0. The average Bonchev–Trinajstić information content (AvgIpc) is 3.60. The van der Waals surface area contributed by atoms with Gasteiger partial charge in [0.05, 0.1) is 10.2 Å². The molecule has 4 nitrogen and oxygen atoms in total. The summed E-state index contributed by atoms with van der Waals surface area (Å²) in [5.41, 5.74) is 7.30.